The zero-order valence-electron chi connectivity index (χ0n) is 16.8. The van der Waals surface area contributed by atoms with E-state index in [1.54, 1.807) is 4.90 Å². The molecule has 164 valence electrons. The summed E-state index contributed by atoms with van der Waals surface area (Å²) in [6.07, 6.45) is -4.15. The van der Waals surface area contributed by atoms with E-state index in [1.807, 2.05) is 30.3 Å². The Hall–Kier alpha value is -3.36. The lowest BCUT2D eigenvalue weighted by atomic mass is 10.1. The molecule has 3 amide bonds. The van der Waals surface area contributed by atoms with E-state index in [0.717, 1.165) is 17.7 Å². The topological polar surface area (TPSA) is 78.5 Å². The van der Waals surface area contributed by atoms with Crippen LogP contribution in [-0.2, 0) is 27.0 Å². The fourth-order valence-electron chi connectivity index (χ4n) is 3.48. The Balaban J connectivity index is 1.67. The summed E-state index contributed by atoms with van der Waals surface area (Å²) in [5.74, 6) is -2.09. The fraction of sp³-hybridized carbons (Fsp3) is 0.318. The van der Waals surface area contributed by atoms with Gasteiger partial charge in [-0.2, -0.15) is 13.2 Å². The van der Waals surface area contributed by atoms with Gasteiger partial charge in [0.15, 0.2) is 0 Å². The van der Waals surface area contributed by atoms with E-state index < -0.39 is 35.2 Å². The number of alkyl halides is 3. The average molecular weight is 433 g/mol. The maximum absolute atomic E-state index is 13.5. The van der Waals surface area contributed by atoms with Gasteiger partial charge in [-0.05, 0) is 30.2 Å². The summed E-state index contributed by atoms with van der Waals surface area (Å²) in [6.45, 7) is 1.78. The Morgan fingerprint density at radius 1 is 1.10 bits per heavy atom. The van der Waals surface area contributed by atoms with E-state index in [9.17, 15) is 27.6 Å². The van der Waals surface area contributed by atoms with Crippen molar-refractivity contribution in [2.75, 3.05) is 23.7 Å². The number of carbonyl (C=O) groups excluding carboxylic acids is 3. The SMILES string of the molecule is CC(=O)Nc1ccc(NC(=O)C2CC(=O)N(CCc3ccccc3)C2)c(C(F)(F)F)c1. The number of anilines is 2. The summed E-state index contributed by atoms with van der Waals surface area (Å²) < 4.78 is 40.4. The van der Waals surface area contributed by atoms with E-state index in [2.05, 4.69) is 10.6 Å². The van der Waals surface area contributed by atoms with E-state index in [1.165, 1.54) is 13.0 Å². The van der Waals surface area contributed by atoms with Crippen LogP contribution in [-0.4, -0.2) is 35.7 Å². The van der Waals surface area contributed by atoms with Crippen molar-refractivity contribution < 1.29 is 27.6 Å². The molecule has 31 heavy (non-hydrogen) atoms. The molecule has 1 atom stereocenters. The number of benzene rings is 2. The molecule has 1 saturated heterocycles. The molecule has 2 aromatic carbocycles. The van der Waals surface area contributed by atoms with Crippen LogP contribution < -0.4 is 10.6 Å². The van der Waals surface area contributed by atoms with Gasteiger partial charge in [0.05, 0.1) is 17.2 Å². The molecule has 0 aliphatic carbocycles. The standard InChI is InChI=1S/C22H22F3N3O3/c1-14(29)26-17-7-8-19(18(12-17)22(23,24)25)27-21(31)16-11-20(30)28(13-16)10-9-15-5-3-2-4-6-15/h2-8,12,16H,9-11,13H2,1H3,(H,26,29)(H,27,31). The van der Waals surface area contributed by atoms with Crippen molar-refractivity contribution in [3.8, 4) is 0 Å². The number of nitrogens with zero attached hydrogens (tertiary/aromatic N) is 1. The number of amides is 3. The molecule has 3 rings (SSSR count). The Morgan fingerprint density at radius 3 is 2.45 bits per heavy atom. The molecule has 0 aromatic heterocycles. The van der Waals surface area contributed by atoms with Crippen molar-refractivity contribution in [1.29, 1.82) is 0 Å². The quantitative estimate of drug-likeness (QED) is 0.729. The summed E-state index contributed by atoms with van der Waals surface area (Å²) in [7, 11) is 0. The van der Waals surface area contributed by atoms with Gasteiger partial charge in [-0.15, -0.1) is 0 Å². The minimum Gasteiger partial charge on any atom is -0.342 e. The van der Waals surface area contributed by atoms with Gasteiger partial charge in [-0.1, -0.05) is 30.3 Å². The lowest BCUT2D eigenvalue weighted by molar-refractivity contribution is -0.137. The Bertz CT molecular complexity index is 977. The van der Waals surface area contributed by atoms with E-state index in [0.29, 0.717) is 13.0 Å². The summed E-state index contributed by atoms with van der Waals surface area (Å²) in [5, 5.41) is 4.59. The fourth-order valence-corrected chi connectivity index (χ4v) is 3.48. The molecular weight excluding hydrogens is 411 g/mol. The number of carbonyl (C=O) groups is 3. The highest BCUT2D eigenvalue weighted by atomic mass is 19.4. The lowest BCUT2D eigenvalue weighted by Crippen LogP contribution is -2.30. The van der Waals surface area contributed by atoms with Crippen LogP contribution in [0.2, 0.25) is 0 Å². The normalized spacial score (nSPS) is 16.3. The van der Waals surface area contributed by atoms with Crippen LogP contribution >= 0.6 is 0 Å². The Labute approximate surface area is 177 Å². The second kappa shape index (κ2) is 9.20. The summed E-state index contributed by atoms with van der Waals surface area (Å²) >= 11 is 0. The second-order valence-electron chi connectivity index (χ2n) is 7.40. The minimum atomic E-state index is -4.73. The molecule has 0 bridgehead atoms. The number of halogens is 3. The van der Waals surface area contributed by atoms with Crippen LogP contribution in [0.4, 0.5) is 24.5 Å². The zero-order valence-corrected chi connectivity index (χ0v) is 16.8. The maximum Gasteiger partial charge on any atom is 0.418 e. The lowest BCUT2D eigenvalue weighted by Gasteiger charge is -2.18. The summed E-state index contributed by atoms with van der Waals surface area (Å²) in [4.78, 5) is 37.5. The monoisotopic (exact) mass is 433 g/mol. The molecule has 1 aliphatic rings. The van der Waals surface area contributed by atoms with Gasteiger partial charge in [-0.3, -0.25) is 14.4 Å². The number of hydrogen-bond donors (Lipinski definition) is 2. The summed E-state index contributed by atoms with van der Waals surface area (Å²) in [6, 6.07) is 12.7. The predicted octanol–water partition coefficient (Wildman–Crippen LogP) is 3.69. The van der Waals surface area contributed by atoms with E-state index in [-0.39, 0.29) is 24.6 Å². The van der Waals surface area contributed by atoms with Gasteiger partial charge in [-0.25, -0.2) is 0 Å². The third kappa shape index (κ3) is 5.84. The molecule has 1 unspecified atom stereocenters. The van der Waals surface area contributed by atoms with Crippen molar-refractivity contribution in [1.82, 2.24) is 4.90 Å². The number of nitrogens with one attached hydrogen (secondary N) is 2. The number of likely N-dealkylation sites (tertiary alicyclic amines) is 1. The predicted molar refractivity (Wildman–Crippen MR) is 109 cm³/mol. The summed E-state index contributed by atoms with van der Waals surface area (Å²) in [5.41, 5.74) is -0.461. The van der Waals surface area contributed by atoms with Crippen LogP contribution in [0.5, 0.6) is 0 Å². The van der Waals surface area contributed by atoms with Crippen LogP contribution in [0, 0.1) is 5.92 Å². The first-order chi connectivity index (χ1) is 14.6. The first kappa shape index (κ1) is 22.3. The van der Waals surface area contributed by atoms with Crippen molar-refractivity contribution in [3.05, 3.63) is 59.7 Å². The highest BCUT2D eigenvalue weighted by molar-refractivity contribution is 5.98. The van der Waals surface area contributed by atoms with Crippen molar-refractivity contribution in [3.63, 3.8) is 0 Å². The van der Waals surface area contributed by atoms with Gasteiger partial charge in [0.25, 0.3) is 0 Å². The molecule has 9 heteroatoms. The van der Waals surface area contributed by atoms with Crippen molar-refractivity contribution >= 4 is 29.1 Å². The number of hydrogen-bond acceptors (Lipinski definition) is 3. The van der Waals surface area contributed by atoms with Crippen molar-refractivity contribution in [2.24, 2.45) is 5.92 Å². The van der Waals surface area contributed by atoms with E-state index >= 15 is 0 Å². The third-order valence-corrected chi connectivity index (χ3v) is 5.00. The maximum atomic E-state index is 13.5. The largest absolute Gasteiger partial charge is 0.418 e. The van der Waals surface area contributed by atoms with Gasteiger partial charge < -0.3 is 15.5 Å². The van der Waals surface area contributed by atoms with Gasteiger partial charge in [0.2, 0.25) is 17.7 Å². The van der Waals surface area contributed by atoms with E-state index in [4.69, 9.17) is 0 Å². The second-order valence-corrected chi connectivity index (χ2v) is 7.40. The van der Waals surface area contributed by atoms with Crippen LogP contribution in [0.1, 0.15) is 24.5 Å². The molecule has 2 aromatic rings. The molecule has 0 radical (unpaired) electrons. The minimum absolute atomic E-state index is 0.0269. The molecule has 1 heterocycles. The highest BCUT2D eigenvalue weighted by Gasteiger charge is 2.37. The smallest absolute Gasteiger partial charge is 0.342 e. The van der Waals surface area contributed by atoms with Gasteiger partial charge >= 0.3 is 6.18 Å². The average Bonchev–Trinajstić information content (AvgIpc) is 3.08. The molecule has 1 fully saturated rings. The first-order valence-electron chi connectivity index (χ1n) is 9.75. The molecular formula is C22H22F3N3O3. The molecule has 2 N–H and O–H groups in total. The van der Waals surface area contributed by atoms with Crippen LogP contribution in [0.25, 0.3) is 0 Å². The highest BCUT2D eigenvalue weighted by Crippen LogP contribution is 2.37. The first-order valence-corrected chi connectivity index (χ1v) is 9.75. The third-order valence-electron chi connectivity index (χ3n) is 5.00. The molecule has 0 spiro atoms. The zero-order chi connectivity index (χ0) is 22.6. The van der Waals surface area contributed by atoms with Crippen LogP contribution in [0.15, 0.2) is 48.5 Å². The Morgan fingerprint density at radius 2 is 1.81 bits per heavy atom. The van der Waals surface area contributed by atoms with Gasteiger partial charge in [0.1, 0.15) is 0 Å². The van der Waals surface area contributed by atoms with Crippen molar-refractivity contribution in [2.45, 2.75) is 25.9 Å². The molecule has 1 aliphatic heterocycles. The number of rotatable bonds is 6. The molecule has 0 saturated carbocycles. The van der Waals surface area contributed by atoms with Crippen LogP contribution in [0.3, 0.4) is 0 Å². The van der Waals surface area contributed by atoms with Gasteiger partial charge in [0, 0.05) is 32.1 Å². The Kier molecular flexibility index (Phi) is 6.62. The molecule has 6 nitrogen and oxygen atoms in total.